The number of hydrogen-bond donors (Lipinski definition) is 0. The van der Waals surface area contributed by atoms with E-state index in [0.717, 1.165) is 51.4 Å². The second-order valence-corrected chi connectivity index (χ2v) is 6.30. The first-order valence-electron chi connectivity index (χ1n) is 8.59. The van der Waals surface area contributed by atoms with Gasteiger partial charge in [0, 0.05) is 32.6 Å². The normalized spacial score (nSPS) is 17.5. The molecule has 1 heterocycles. The Labute approximate surface area is 145 Å². The quantitative estimate of drug-likeness (QED) is 0.771. The van der Waals surface area contributed by atoms with Gasteiger partial charge in [-0.3, -0.25) is 4.90 Å². The summed E-state index contributed by atoms with van der Waals surface area (Å²) < 4.78 is 5.20. The zero-order chi connectivity index (χ0) is 17.2. The van der Waals surface area contributed by atoms with Crippen LogP contribution in [0.1, 0.15) is 24.8 Å². The molecule has 1 atom stereocenters. The Balaban J connectivity index is 1.81. The van der Waals surface area contributed by atoms with E-state index < -0.39 is 0 Å². The van der Waals surface area contributed by atoms with E-state index in [0.29, 0.717) is 12.8 Å². The molecule has 0 saturated carbocycles. The Morgan fingerprint density at radius 3 is 2.46 bits per heavy atom. The third-order valence-corrected chi connectivity index (χ3v) is 4.51. The topological polar surface area (TPSA) is 63.3 Å². The summed E-state index contributed by atoms with van der Waals surface area (Å²) >= 11 is 0. The van der Waals surface area contributed by atoms with Crippen molar-refractivity contribution in [3.8, 4) is 17.9 Å². The van der Waals surface area contributed by atoms with E-state index in [-0.39, 0.29) is 5.92 Å². The van der Waals surface area contributed by atoms with Crippen LogP contribution in [-0.2, 0) is 6.54 Å². The molecule has 1 aromatic carbocycles. The molecular formula is C19H26N4O. The Hall–Kier alpha value is -2.08. The molecular weight excluding hydrogens is 300 g/mol. The van der Waals surface area contributed by atoms with Crippen molar-refractivity contribution in [1.82, 2.24) is 9.80 Å². The van der Waals surface area contributed by atoms with Gasteiger partial charge in [-0.25, -0.2) is 0 Å². The highest BCUT2D eigenvalue weighted by atomic mass is 16.5. The molecule has 5 nitrogen and oxygen atoms in total. The van der Waals surface area contributed by atoms with Crippen molar-refractivity contribution in [3.63, 3.8) is 0 Å². The van der Waals surface area contributed by atoms with Gasteiger partial charge < -0.3 is 9.64 Å². The van der Waals surface area contributed by atoms with Crippen LogP contribution in [0.15, 0.2) is 24.3 Å². The average molecular weight is 326 g/mol. The Kier molecular flexibility index (Phi) is 7.55. The molecule has 1 unspecified atom stereocenters. The maximum atomic E-state index is 9.24. The largest absolute Gasteiger partial charge is 0.497 e. The summed E-state index contributed by atoms with van der Waals surface area (Å²) in [7, 11) is 1.68. The van der Waals surface area contributed by atoms with Gasteiger partial charge in [-0.05, 0) is 43.6 Å². The number of nitriles is 2. The van der Waals surface area contributed by atoms with Crippen molar-refractivity contribution in [1.29, 1.82) is 10.5 Å². The average Bonchev–Trinajstić information content (AvgIpc) is 2.84. The molecule has 0 spiro atoms. The van der Waals surface area contributed by atoms with Crippen LogP contribution in [0.2, 0.25) is 0 Å². The van der Waals surface area contributed by atoms with Gasteiger partial charge >= 0.3 is 0 Å². The molecule has 0 radical (unpaired) electrons. The highest BCUT2D eigenvalue weighted by Gasteiger charge is 2.18. The number of methoxy groups -OCH3 is 1. The maximum Gasteiger partial charge on any atom is 0.118 e. The highest BCUT2D eigenvalue weighted by molar-refractivity contribution is 5.27. The van der Waals surface area contributed by atoms with Gasteiger partial charge in [0.15, 0.2) is 0 Å². The predicted octanol–water partition coefficient (Wildman–Crippen LogP) is 2.65. The van der Waals surface area contributed by atoms with E-state index in [1.165, 1.54) is 5.56 Å². The molecule has 1 aromatic rings. The molecule has 1 saturated heterocycles. The van der Waals surface area contributed by atoms with Crippen molar-refractivity contribution in [2.24, 2.45) is 5.92 Å². The van der Waals surface area contributed by atoms with Crippen molar-refractivity contribution < 1.29 is 4.74 Å². The summed E-state index contributed by atoms with van der Waals surface area (Å²) in [6.45, 7) is 5.85. The van der Waals surface area contributed by atoms with Gasteiger partial charge in [-0.1, -0.05) is 12.1 Å². The second-order valence-electron chi connectivity index (χ2n) is 6.30. The Morgan fingerprint density at radius 1 is 1.08 bits per heavy atom. The number of hydrogen-bond acceptors (Lipinski definition) is 5. The minimum Gasteiger partial charge on any atom is -0.497 e. The fourth-order valence-corrected chi connectivity index (χ4v) is 3.10. The molecule has 0 amide bonds. The van der Waals surface area contributed by atoms with Crippen LogP contribution >= 0.6 is 0 Å². The SMILES string of the molecule is COc1ccc(CN2CCCN(CC(C#N)CCC#N)CC2)cc1. The van der Waals surface area contributed by atoms with Crippen molar-refractivity contribution in [3.05, 3.63) is 29.8 Å². The molecule has 0 N–H and O–H groups in total. The van der Waals surface area contributed by atoms with Gasteiger partial charge in [-0.2, -0.15) is 10.5 Å². The van der Waals surface area contributed by atoms with Gasteiger partial charge in [0.05, 0.1) is 25.2 Å². The van der Waals surface area contributed by atoms with E-state index in [9.17, 15) is 5.26 Å². The van der Waals surface area contributed by atoms with Crippen LogP contribution in [0.5, 0.6) is 5.75 Å². The number of rotatable bonds is 7. The summed E-state index contributed by atoms with van der Waals surface area (Å²) in [6, 6.07) is 12.7. The van der Waals surface area contributed by atoms with Crippen LogP contribution in [-0.4, -0.2) is 49.6 Å². The molecule has 1 fully saturated rings. The van der Waals surface area contributed by atoms with Gasteiger partial charge in [-0.15, -0.1) is 0 Å². The molecule has 5 heteroatoms. The standard InChI is InChI=1S/C19H26N4O/c1-24-19-7-5-17(6-8-19)15-22-10-3-11-23(13-12-22)16-18(14-21)4-2-9-20/h5-8,18H,2-4,10-13,15-16H2,1H3. The van der Waals surface area contributed by atoms with Crippen LogP contribution in [0.3, 0.4) is 0 Å². The number of ether oxygens (including phenoxy) is 1. The fourth-order valence-electron chi connectivity index (χ4n) is 3.10. The van der Waals surface area contributed by atoms with Gasteiger partial charge in [0.25, 0.3) is 0 Å². The molecule has 0 aliphatic carbocycles. The maximum absolute atomic E-state index is 9.24. The van der Waals surface area contributed by atoms with E-state index in [1.807, 2.05) is 12.1 Å². The lowest BCUT2D eigenvalue weighted by atomic mass is 10.0. The molecule has 1 aliphatic rings. The van der Waals surface area contributed by atoms with Crippen molar-refractivity contribution in [2.45, 2.75) is 25.8 Å². The summed E-state index contributed by atoms with van der Waals surface area (Å²) in [5.41, 5.74) is 1.30. The Bertz CT molecular complexity index is 573. The lowest BCUT2D eigenvalue weighted by Gasteiger charge is -2.23. The minimum absolute atomic E-state index is 0.0298. The minimum atomic E-state index is -0.0298. The lowest BCUT2D eigenvalue weighted by molar-refractivity contribution is 0.236. The highest BCUT2D eigenvalue weighted by Crippen LogP contribution is 2.15. The van der Waals surface area contributed by atoms with E-state index >= 15 is 0 Å². The first-order valence-corrected chi connectivity index (χ1v) is 8.59. The third kappa shape index (κ3) is 5.85. The first kappa shape index (κ1) is 18.3. The smallest absolute Gasteiger partial charge is 0.118 e. The summed E-state index contributed by atoms with van der Waals surface area (Å²) in [4.78, 5) is 4.84. The summed E-state index contributed by atoms with van der Waals surface area (Å²) in [6.07, 6.45) is 2.27. The van der Waals surface area contributed by atoms with E-state index in [2.05, 4.69) is 34.1 Å². The number of nitrogens with zero attached hydrogens (tertiary/aromatic N) is 4. The first-order chi connectivity index (χ1) is 11.7. The Morgan fingerprint density at radius 2 is 1.79 bits per heavy atom. The summed E-state index contributed by atoms with van der Waals surface area (Å²) in [5, 5.41) is 17.9. The molecule has 2 rings (SSSR count). The molecule has 0 bridgehead atoms. The third-order valence-electron chi connectivity index (χ3n) is 4.51. The number of benzene rings is 1. The molecule has 128 valence electrons. The fraction of sp³-hybridized carbons (Fsp3) is 0.579. The molecule has 0 aromatic heterocycles. The second kappa shape index (κ2) is 9.93. The van der Waals surface area contributed by atoms with E-state index in [4.69, 9.17) is 10.00 Å². The summed E-state index contributed by atoms with van der Waals surface area (Å²) in [5.74, 6) is 0.860. The zero-order valence-electron chi connectivity index (χ0n) is 14.4. The molecule has 1 aliphatic heterocycles. The van der Waals surface area contributed by atoms with Crippen molar-refractivity contribution in [2.75, 3.05) is 39.8 Å². The van der Waals surface area contributed by atoms with E-state index in [1.54, 1.807) is 7.11 Å². The lowest BCUT2D eigenvalue weighted by Crippen LogP contribution is -2.33. The van der Waals surface area contributed by atoms with Crippen molar-refractivity contribution >= 4 is 0 Å². The van der Waals surface area contributed by atoms with Crippen LogP contribution < -0.4 is 4.74 Å². The molecule has 24 heavy (non-hydrogen) atoms. The monoisotopic (exact) mass is 326 g/mol. The van der Waals surface area contributed by atoms with Crippen LogP contribution in [0.4, 0.5) is 0 Å². The zero-order valence-corrected chi connectivity index (χ0v) is 14.4. The van der Waals surface area contributed by atoms with Crippen LogP contribution in [0, 0.1) is 28.6 Å². The van der Waals surface area contributed by atoms with Crippen LogP contribution in [0.25, 0.3) is 0 Å². The van der Waals surface area contributed by atoms with Gasteiger partial charge in [0.2, 0.25) is 0 Å². The predicted molar refractivity (Wildman–Crippen MR) is 93.3 cm³/mol. The van der Waals surface area contributed by atoms with Gasteiger partial charge in [0.1, 0.15) is 5.75 Å².